The number of carbonyl (C=O) groups is 3. The number of urea groups is 1. The SMILES string of the molecule is CCOc1cc(/C=C2/C(=O)NC(=O)N(c3ccccc3CC)C2=O)cc(I)c1OCc1ccccc1. The Balaban J connectivity index is 1.68. The van der Waals surface area contributed by atoms with Crippen LogP contribution in [0, 0.1) is 3.57 Å². The van der Waals surface area contributed by atoms with Gasteiger partial charge in [0.25, 0.3) is 11.8 Å². The summed E-state index contributed by atoms with van der Waals surface area (Å²) in [5.74, 6) is -0.341. The first-order valence-corrected chi connectivity index (χ1v) is 12.6. The number of aryl methyl sites for hydroxylation is 1. The minimum Gasteiger partial charge on any atom is -0.490 e. The van der Waals surface area contributed by atoms with Crippen molar-refractivity contribution in [1.82, 2.24) is 5.32 Å². The summed E-state index contributed by atoms with van der Waals surface area (Å²) in [5, 5.41) is 2.29. The number of hydrogen-bond donors (Lipinski definition) is 1. The molecule has 0 spiro atoms. The molecule has 8 heteroatoms. The third-order valence-corrected chi connectivity index (χ3v) is 6.39. The van der Waals surface area contributed by atoms with E-state index in [1.54, 1.807) is 24.3 Å². The van der Waals surface area contributed by atoms with Crippen molar-refractivity contribution in [3.63, 3.8) is 0 Å². The normalized spacial score (nSPS) is 14.7. The van der Waals surface area contributed by atoms with Crippen LogP contribution in [-0.2, 0) is 22.6 Å². The van der Waals surface area contributed by atoms with Crippen molar-refractivity contribution in [1.29, 1.82) is 0 Å². The molecule has 1 N–H and O–H groups in total. The summed E-state index contributed by atoms with van der Waals surface area (Å²) in [6.07, 6.45) is 2.10. The Morgan fingerprint density at radius 1 is 0.944 bits per heavy atom. The third kappa shape index (κ3) is 5.43. The van der Waals surface area contributed by atoms with Gasteiger partial charge in [-0.15, -0.1) is 0 Å². The number of halogens is 1. The van der Waals surface area contributed by atoms with E-state index in [-0.39, 0.29) is 5.57 Å². The first-order chi connectivity index (χ1) is 17.4. The van der Waals surface area contributed by atoms with Crippen LogP contribution in [0.5, 0.6) is 11.5 Å². The second kappa shape index (κ2) is 11.4. The minimum atomic E-state index is -0.766. The lowest BCUT2D eigenvalue weighted by Gasteiger charge is -2.28. The Bertz CT molecular complexity index is 1340. The van der Waals surface area contributed by atoms with Crippen LogP contribution in [0.15, 0.2) is 72.3 Å². The molecule has 0 aromatic heterocycles. The molecule has 0 atom stereocenters. The van der Waals surface area contributed by atoms with Gasteiger partial charge in [0.2, 0.25) is 0 Å². The fourth-order valence-corrected chi connectivity index (χ4v) is 4.66. The second-order valence-corrected chi connectivity index (χ2v) is 9.14. The molecule has 1 aliphatic heterocycles. The predicted octanol–water partition coefficient (Wildman–Crippen LogP) is 5.50. The van der Waals surface area contributed by atoms with Gasteiger partial charge in [-0.3, -0.25) is 14.9 Å². The molecule has 7 nitrogen and oxygen atoms in total. The molecule has 4 rings (SSSR count). The predicted molar refractivity (Wildman–Crippen MR) is 146 cm³/mol. The third-order valence-electron chi connectivity index (χ3n) is 5.58. The number of hydrogen-bond acceptors (Lipinski definition) is 5. The van der Waals surface area contributed by atoms with Gasteiger partial charge < -0.3 is 9.47 Å². The van der Waals surface area contributed by atoms with Crippen molar-refractivity contribution < 1.29 is 23.9 Å². The van der Waals surface area contributed by atoms with Crippen LogP contribution in [0.3, 0.4) is 0 Å². The highest BCUT2D eigenvalue weighted by Gasteiger charge is 2.37. The molecule has 3 aromatic carbocycles. The van der Waals surface area contributed by atoms with Gasteiger partial charge in [-0.2, -0.15) is 0 Å². The Labute approximate surface area is 223 Å². The van der Waals surface area contributed by atoms with Crippen molar-refractivity contribution in [3.05, 3.63) is 92.6 Å². The quantitative estimate of drug-likeness (QED) is 0.211. The fourth-order valence-electron chi connectivity index (χ4n) is 3.87. The zero-order valence-electron chi connectivity index (χ0n) is 19.9. The number of amides is 4. The molecule has 0 unspecified atom stereocenters. The van der Waals surface area contributed by atoms with Crippen molar-refractivity contribution >= 4 is 52.2 Å². The number of imide groups is 2. The summed E-state index contributed by atoms with van der Waals surface area (Å²) in [7, 11) is 0. The van der Waals surface area contributed by atoms with E-state index in [2.05, 4.69) is 27.9 Å². The molecule has 36 heavy (non-hydrogen) atoms. The van der Waals surface area contributed by atoms with Crippen molar-refractivity contribution in [2.75, 3.05) is 11.5 Å². The van der Waals surface area contributed by atoms with Crippen LogP contribution in [0.4, 0.5) is 10.5 Å². The lowest BCUT2D eigenvalue weighted by Crippen LogP contribution is -2.54. The van der Waals surface area contributed by atoms with E-state index in [0.717, 1.165) is 19.6 Å². The number of nitrogens with one attached hydrogen (secondary N) is 1. The van der Waals surface area contributed by atoms with Gasteiger partial charge in [0.15, 0.2) is 11.5 Å². The first-order valence-electron chi connectivity index (χ1n) is 11.5. The van der Waals surface area contributed by atoms with Gasteiger partial charge in [0.05, 0.1) is 15.9 Å². The summed E-state index contributed by atoms with van der Waals surface area (Å²) in [6, 6.07) is 19.7. The average molecular weight is 596 g/mol. The standard InChI is InChI=1S/C28H25IN2O5/c1-3-20-12-8-9-13-23(20)31-27(33)21(26(32)30-28(31)34)14-19-15-22(29)25(24(16-19)35-4-2)36-17-18-10-6-5-7-11-18/h5-16H,3-4,17H2,1-2H3,(H,30,32,34)/b21-14-. The molecule has 1 heterocycles. The maximum absolute atomic E-state index is 13.4. The zero-order chi connectivity index (χ0) is 25.7. The average Bonchev–Trinajstić information content (AvgIpc) is 2.87. The van der Waals surface area contributed by atoms with Crippen LogP contribution < -0.4 is 19.7 Å². The number of anilines is 1. The molecule has 0 radical (unpaired) electrons. The van der Waals surface area contributed by atoms with Crippen molar-refractivity contribution in [3.8, 4) is 11.5 Å². The van der Waals surface area contributed by atoms with Gasteiger partial charge in [-0.25, -0.2) is 9.69 Å². The molecule has 0 bridgehead atoms. The van der Waals surface area contributed by atoms with E-state index < -0.39 is 17.8 Å². The minimum absolute atomic E-state index is 0.142. The van der Waals surface area contributed by atoms with Crippen LogP contribution >= 0.6 is 22.6 Å². The fraction of sp³-hybridized carbons (Fsp3) is 0.179. The number of benzene rings is 3. The highest BCUT2D eigenvalue weighted by atomic mass is 127. The molecule has 4 amide bonds. The van der Waals surface area contributed by atoms with Crippen LogP contribution in [0.1, 0.15) is 30.5 Å². The molecule has 3 aromatic rings. The Hall–Kier alpha value is -3.66. The smallest absolute Gasteiger partial charge is 0.335 e. The highest BCUT2D eigenvalue weighted by molar-refractivity contribution is 14.1. The van der Waals surface area contributed by atoms with E-state index in [9.17, 15) is 14.4 Å². The van der Waals surface area contributed by atoms with Crippen molar-refractivity contribution in [2.45, 2.75) is 26.9 Å². The van der Waals surface area contributed by atoms with E-state index in [1.807, 2.05) is 56.3 Å². The lowest BCUT2D eigenvalue weighted by atomic mass is 10.0. The van der Waals surface area contributed by atoms with Gasteiger partial charge in [0, 0.05) is 0 Å². The highest BCUT2D eigenvalue weighted by Crippen LogP contribution is 2.36. The van der Waals surface area contributed by atoms with Gasteiger partial charge in [-0.05, 0) is 76.9 Å². The molecular weight excluding hydrogens is 571 g/mol. The summed E-state index contributed by atoms with van der Waals surface area (Å²) in [4.78, 5) is 39.7. The molecule has 1 fully saturated rings. The maximum Gasteiger partial charge on any atom is 0.335 e. The van der Waals surface area contributed by atoms with Crippen molar-refractivity contribution in [2.24, 2.45) is 0 Å². The summed E-state index contributed by atoms with van der Waals surface area (Å²) < 4.78 is 12.6. The lowest BCUT2D eigenvalue weighted by molar-refractivity contribution is -0.122. The zero-order valence-corrected chi connectivity index (χ0v) is 22.1. The Kier molecular flexibility index (Phi) is 8.04. The number of carbonyl (C=O) groups excluding carboxylic acids is 3. The molecule has 184 valence electrons. The number of nitrogens with zero attached hydrogens (tertiary/aromatic N) is 1. The molecule has 1 saturated heterocycles. The summed E-state index contributed by atoms with van der Waals surface area (Å²) in [5.41, 5.74) is 2.73. The Morgan fingerprint density at radius 3 is 2.39 bits per heavy atom. The van der Waals surface area contributed by atoms with Crippen LogP contribution in [-0.4, -0.2) is 24.5 Å². The number of barbiturate groups is 1. The number of ether oxygens (including phenoxy) is 2. The van der Waals surface area contributed by atoms with Gasteiger partial charge >= 0.3 is 6.03 Å². The molecular formula is C28H25IN2O5. The van der Waals surface area contributed by atoms with E-state index in [1.165, 1.54) is 6.08 Å². The van der Waals surface area contributed by atoms with E-state index in [4.69, 9.17) is 9.47 Å². The van der Waals surface area contributed by atoms with E-state index >= 15 is 0 Å². The Morgan fingerprint density at radius 2 is 1.67 bits per heavy atom. The van der Waals surface area contributed by atoms with Crippen LogP contribution in [0.25, 0.3) is 6.08 Å². The van der Waals surface area contributed by atoms with E-state index in [0.29, 0.717) is 42.4 Å². The second-order valence-electron chi connectivity index (χ2n) is 7.98. The van der Waals surface area contributed by atoms with Crippen LogP contribution in [0.2, 0.25) is 0 Å². The first kappa shape index (κ1) is 25.4. The summed E-state index contributed by atoms with van der Waals surface area (Å²) >= 11 is 2.14. The molecule has 0 aliphatic carbocycles. The molecule has 0 saturated carbocycles. The van der Waals surface area contributed by atoms with Gasteiger partial charge in [0.1, 0.15) is 12.2 Å². The number of para-hydroxylation sites is 1. The maximum atomic E-state index is 13.4. The largest absolute Gasteiger partial charge is 0.490 e. The monoisotopic (exact) mass is 596 g/mol. The van der Waals surface area contributed by atoms with Gasteiger partial charge in [-0.1, -0.05) is 55.5 Å². The summed E-state index contributed by atoms with van der Waals surface area (Å²) in [6.45, 7) is 4.58. The number of rotatable bonds is 8. The molecule has 1 aliphatic rings. The topological polar surface area (TPSA) is 84.9 Å².